The summed E-state index contributed by atoms with van der Waals surface area (Å²) in [6.07, 6.45) is 1.58. The van der Waals surface area contributed by atoms with E-state index in [0.717, 1.165) is 16.5 Å². The molecular weight excluding hydrogens is 436 g/mol. The molecule has 0 saturated carbocycles. The first-order chi connectivity index (χ1) is 16.0. The fourth-order valence-electron chi connectivity index (χ4n) is 3.36. The summed E-state index contributed by atoms with van der Waals surface area (Å²) < 4.78 is 39.7. The van der Waals surface area contributed by atoms with Gasteiger partial charge in [-0.15, -0.1) is 0 Å². The lowest BCUT2D eigenvalue weighted by Gasteiger charge is -2.25. The lowest BCUT2D eigenvalue weighted by molar-refractivity contribution is 0.392. The lowest BCUT2D eigenvalue weighted by Crippen LogP contribution is -2.31. The van der Waals surface area contributed by atoms with Gasteiger partial charge in [0.2, 0.25) is 0 Å². The Kier molecular flexibility index (Phi) is 7.90. The van der Waals surface area contributed by atoms with Crippen molar-refractivity contribution in [2.24, 2.45) is 0 Å². The van der Waals surface area contributed by atoms with Crippen LogP contribution < -0.4 is 13.8 Å². The van der Waals surface area contributed by atoms with Gasteiger partial charge < -0.3 is 9.47 Å². The number of hydrogen-bond donors (Lipinski definition) is 0. The second-order valence-electron chi connectivity index (χ2n) is 6.90. The van der Waals surface area contributed by atoms with Crippen LogP contribution in [-0.4, -0.2) is 27.6 Å². The summed E-state index contributed by atoms with van der Waals surface area (Å²) in [5.74, 6) is 0.670. The summed E-state index contributed by atoms with van der Waals surface area (Å²) in [4.78, 5) is 4.49. The van der Waals surface area contributed by atoms with Crippen molar-refractivity contribution >= 4 is 26.6 Å². The number of fused-ring (bicyclic) bond motifs is 1. The van der Waals surface area contributed by atoms with E-state index < -0.39 is 10.0 Å². The second kappa shape index (κ2) is 10.8. The van der Waals surface area contributed by atoms with Crippen LogP contribution in [0, 0.1) is 0 Å². The van der Waals surface area contributed by atoms with Gasteiger partial charge in [0.05, 0.1) is 38.2 Å². The molecule has 172 valence electrons. The van der Waals surface area contributed by atoms with E-state index in [-0.39, 0.29) is 17.2 Å². The number of anilines is 1. The van der Waals surface area contributed by atoms with E-state index in [9.17, 15) is 8.42 Å². The molecule has 4 rings (SSSR count). The average molecular weight is 465 g/mol. The molecule has 7 heteroatoms. The number of aromatic nitrogens is 1. The van der Waals surface area contributed by atoms with Crippen LogP contribution in [0.15, 0.2) is 90.0 Å². The molecule has 0 radical (unpaired) electrons. The molecule has 0 atom stereocenters. The third-order valence-corrected chi connectivity index (χ3v) is 6.77. The minimum Gasteiger partial charge on any atom is -0.497 e. The van der Waals surface area contributed by atoms with Gasteiger partial charge in [-0.25, -0.2) is 8.42 Å². The van der Waals surface area contributed by atoms with Crippen molar-refractivity contribution in [3.8, 4) is 11.5 Å². The van der Waals surface area contributed by atoms with Crippen molar-refractivity contribution < 1.29 is 17.9 Å². The van der Waals surface area contributed by atoms with E-state index in [1.807, 2.05) is 74.5 Å². The van der Waals surface area contributed by atoms with Crippen molar-refractivity contribution in [2.45, 2.75) is 25.3 Å². The maximum Gasteiger partial charge on any atom is 0.268 e. The summed E-state index contributed by atoms with van der Waals surface area (Å²) in [7, 11) is -1.07. The largest absolute Gasteiger partial charge is 0.497 e. The second-order valence-corrected chi connectivity index (χ2v) is 8.73. The molecule has 3 aromatic carbocycles. The van der Waals surface area contributed by atoms with Gasteiger partial charge in [-0.2, -0.15) is 0 Å². The van der Waals surface area contributed by atoms with E-state index in [1.54, 1.807) is 18.3 Å². The van der Waals surface area contributed by atoms with Gasteiger partial charge >= 0.3 is 0 Å². The molecular formula is C26H28N2O4S. The Balaban J connectivity index is 0.00000149. The Morgan fingerprint density at radius 1 is 0.848 bits per heavy atom. The molecule has 0 saturated heterocycles. The zero-order chi connectivity index (χ0) is 23.8. The summed E-state index contributed by atoms with van der Waals surface area (Å²) in [5.41, 5.74) is 2.11. The summed E-state index contributed by atoms with van der Waals surface area (Å²) in [6.45, 7) is 4.14. The van der Waals surface area contributed by atoms with Gasteiger partial charge in [-0.05, 0) is 29.8 Å². The number of sulfonamides is 1. The molecule has 0 aliphatic carbocycles. The minimum absolute atomic E-state index is 0.0263. The Morgan fingerprint density at radius 3 is 2.24 bits per heavy atom. The molecule has 0 aliphatic rings. The normalized spacial score (nSPS) is 10.8. The highest BCUT2D eigenvalue weighted by atomic mass is 32.2. The van der Waals surface area contributed by atoms with Crippen LogP contribution in [-0.2, 0) is 16.6 Å². The number of ether oxygens (including phenoxy) is 2. The molecule has 0 amide bonds. The first-order valence-corrected chi connectivity index (χ1v) is 12.1. The number of hydrogen-bond acceptors (Lipinski definition) is 5. The molecule has 4 aromatic rings. The maximum absolute atomic E-state index is 13.9. The van der Waals surface area contributed by atoms with Gasteiger partial charge in [0, 0.05) is 11.5 Å². The molecule has 0 fully saturated rings. The molecule has 0 unspecified atom stereocenters. The predicted octanol–water partition coefficient (Wildman–Crippen LogP) is 5.67. The number of nitrogens with zero attached hydrogens (tertiary/aromatic N) is 2. The van der Waals surface area contributed by atoms with Crippen LogP contribution in [0.4, 0.5) is 5.69 Å². The summed E-state index contributed by atoms with van der Waals surface area (Å²) in [5, 5.41) is 0.853. The summed E-state index contributed by atoms with van der Waals surface area (Å²) in [6, 6.07) is 23.6. The third kappa shape index (κ3) is 5.26. The Hall–Kier alpha value is -3.58. The van der Waals surface area contributed by atoms with Crippen molar-refractivity contribution in [1.29, 1.82) is 0 Å². The topological polar surface area (TPSA) is 68.7 Å². The molecule has 0 spiro atoms. The zero-order valence-electron chi connectivity index (χ0n) is 19.2. The molecule has 0 N–H and O–H groups in total. The van der Waals surface area contributed by atoms with Crippen molar-refractivity contribution in [3.05, 3.63) is 90.6 Å². The first kappa shape index (κ1) is 24.1. The monoisotopic (exact) mass is 464 g/mol. The van der Waals surface area contributed by atoms with E-state index in [1.165, 1.54) is 24.6 Å². The average Bonchev–Trinajstić information content (AvgIpc) is 2.88. The molecule has 1 heterocycles. The van der Waals surface area contributed by atoms with Gasteiger partial charge in [-0.3, -0.25) is 9.29 Å². The van der Waals surface area contributed by atoms with Crippen molar-refractivity contribution in [1.82, 2.24) is 4.98 Å². The highest BCUT2D eigenvalue weighted by Gasteiger charge is 2.29. The SMILES string of the molecule is CC.COc1ccc(OC)c(S(=O)(=O)N(Cc2ccccc2)c2cnc3ccccc3c2)c1. The van der Waals surface area contributed by atoms with Crippen molar-refractivity contribution in [3.63, 3.8) is 0 Å². The molecule has 0 aliphatic heterocycles. The minimum atomic E-state index is -4.01. The molecule has 33 heavy (non-hydrogen) atoms. The quantitative estimate of drug-likeness (QED) is 0.352. The van der Waals surface area contributed by atoms with Gasteiger partial charge in [0.15, 0.2) is 0 Å². The number of pyridine rings is 1. The van der Waals surface area contributed by atoms with Crippen LogP contribution in [0.1, 0.15) is 19.4 Å². The van der Waals surface area contributed by atoms with Gasteiger partial charge in [0.25, 0.3) is 10.0 Å². The van der Waals surface area contributed by atoms with E-state index in [0.29, 0.717) is 11.4 Å². The van der Waals surface area contributed by atoms with Crippen LogP contribution in [0.3, 0.4) is 0 Å². The number of para-hydroxylation sites is 1. The number of methoxy groups -OCH3 is 2. The lowest BCUT2D eigenvalue weighted by atomic mass is 10.2. The smallest absolute Gasteiger partial charge is 0.268 e. The Labute approximate surface area is 195 Å². The standard InChI is InChI=1S/C24H22N2O4S.C2H6/c1-29-21-12-13-23(30-2)24(15-21)31(27,28)26(17-18-8-4-3-5-9-18)20-14-19-10-6-7-11-22(19)25-16-20;1-2/h3-16H,17H2,1-2H3;1-2H3. The van der Waals surface area contributed by atoms with E-state index in [4.69, 9.17) is 9.47 Å². The molecule has 0 bridgehead atoms. The fourth-order valence-corrected chi connectivity index (χ4v) is 4.97. The number of benzene rings is 3. The Bertz CT molecular complexity index is 1310. The first-order valence-electron chi connectivity index (χ1n) is 10.7. The zero-order valence-corrected chi connectivity index (χ0v) is 20.0. The van der Waals surface area contributed by atoms with Crippen LogP contribution in [0.2, 0.25) is 0 Å². The van der Waals surface area contributed by atoms with Crippen molar-refractivity contribution in [2.75, 3.05) is 18.5 Å². The van der Waals surface area contributed by atoms with Crippen LogP contribution in [0.5, 0.6) is 11.5 Å². The third-order valence-electron chi connectivity index (χ3n) is 4.97. The molecule has 1 aromatic heterocycles. The predicted molar refractivity (Wildman–Crippen MR) is 132 cm³/mol. The fraction of sp³-hybridized carbons (Fsp3) is 0.192. The van der Waals surface area contributed by atoms with Crippen LogP contribution >= 0.6 is 0 Å². The van der Waals surface area contributed by atoms with Crippen LogP contribution in [0.25, 0.3) is 10.9 Å². The highest BCUT2D eigenvalue weighted by molar-refractivity contribution is 7.93. The van der Waals surface area contributed by atoms with Gasteiger partial charge in [0.1, 0.15) is 16.4 Å². The maximum atomic E-state index is 13.9. The van der Waals surface area contributed by atoms with Gasteiger partial charge in [-0.1, -0.05) is 62.4 Å². The highest BCUT2D eigenvalue weighted by Crippen LogP contribution is 2.34. The Morgan fingerprint density at radius 2 is 1.55 bits per heavy atom. The molecule has 6 nitrogen and oxygen atoms in total. The van der Waals surface area contributed by atoms with E-state index >= 15 is 0 Å². The summed E-state index contributed by atoms with van der Waals surface area (Å²) >= 11 is 0. The van der Waals surface area contributed by atoms with E-state index in [2.05, 4.69) is 4.98 Å². The number of rotatable bonds is 7.